The summed E-state index contributed by atoms with van der Waals surface area (Å²) in [6.45, 7) is 4.61. The van der Waals surface area contributed by atoms with Crippen molar-refractivity contribution >= 4 is 44.6 Å². The fourth-order valence-electron chi connectivity index (χ4n) is 5.01. The van der Waals surface area contributed by atoms with Gasteiger partial charge in [0.05, 0.1) is 22.5 Å². The van der Waals surface area contributed by atoms with Crippen molar-refractivity contribution in [1.82, 2.24) is 15.3 Å². The van der Waals surface area contributed by atoms with Crippen LogP contribution in [0.3, 0.4) is 0 Å². The van der Waals surface area contributed by atoms with Crippen molar-refractivity contribution in [2.24, 2.45) is 0 Å². The molecule has 264 valence electrons. The van der Waals surface area contributed by atoms with Crippen LogP contribution in [0.25, 0.3) is 0 Å². The van der Waals surface area contributed by atoms with Crippen LogP contribution in [0.4, 0.5) is 23.1 Å². The molecule has 0 saturated carbocycles. The number of nitrogens with one attached hydrogen (secondary N) is 3. The molecule has 18 nitrogen and oxygen atoms in total. The van der Waals surface area contributed by atoms with Gasteiger partial charge in [-0.2, -0.15) is 4.98 Å². The zero-order valence-corrected chi connectivity index (χ0v) is 27.4. The van der Waals surface area contributed by atoms with Crippen molar-refractivity contribution in [2.45, 2.75) is 79.5 Å². The largest absolute Gasteiger partial charge is 0.461 e. The van der Waals surface area contributed by atoms with E-state index >= 15 is 0 Å². The Morgan fingerprint density at radius 2 is 1.48 bits per heavy atom. The quantitative estimate of drug-likeness (QED) is 0.114. The molecule has 13 N–H and O–H groups in total. The van der Waals surface area contributed by atoms with Crippen LogP contribution in [0.15, 0.2) is 47.5 Å². The van der Waals surface area contributed by atoms with Crippen LogP contribution in [0.1, 0.15) is 51.7 Å². The predicted octanol–water partition coefficient (Wildman–Crippen LogP) is -0.838. The smallest absolute Gasteiger partial charge is 0.304 e. The Bertz CT molecular complexity index is 1790. The van der Waals surface area contributed by atoms with Crippen molar-refractivity contribution in [3.05, 3.63) is 58.7 Å². The third kappa shape index (κ3) is 8.29. The van der Waals surface area contributed by atoms with Crippen LogP contribution in [0.2, 0.25) is 5.02 Å². The molecule has 0 aliphatic carbocycles. The van der Waals surface area contributed by atoms with Gasteiger partial charge in [-0.1, -0.05) is 23.7 Å². The number of aliphatic hydroxyl groups is 10. The Kier molecular flexibility index (Phi) is 9.58. The summed E-state index contributed by atoms with van der Waals surface area (Å²) >= 11 is 6.29. The van der Waals surface area contributed by atoms with Gasteiger partial charge in [-0.15, -0.1) is 0 Å². The van der Waals surface area contributed by atoms with Gasteiger partial charge in [-0.25, -0.2) is 18.7 Å². The number of aromatic nitrogens is 2. The van der Waals surface area contributed by atoms with Crippen molar-refractivity contribution in [1.29, 1.82) is 0 Å². The van der Waals surface area contributed by atoms with E-state index < -0.39 is 73.7 Å². The molecule has 0 radical (unpaired) electrons. The molecule has 3 aromatic rings. The Morgan fingerprint density at radius 3 is 2.02 bits per heavy atom. The Balaban J connectivity index is 1.84. The topological polar surface area (TPSA) is 308 Å². The number of nitrogens with zero attached hydrogens (tertiary/aromatic N) is 2. The van der Waals surface area contributed by atoms with E-state index in [1.807, 2.05) is 0 Å². The normalized spacial score (nSPS) is 17.9. The van der Waals surface area contributed by atoms with Gasteiger partial charge in [0.1, 0.15) is 16.4 Å². The Labute approximate surface area is 278 Å². The first-order valence-corrected chi connectivity index (χ1v) is 15.8. The molecule has 1 aliphatic heterocycles. The molecule has 4 rings (SSSR count). The second kappa shape index (κ2) is 12.2. The molecule has 0 unspecified atom stereocenters. The van der Waals surface area contributed by atoms with E-state index in [0.29, 0.717) is 0 Å². The molecular formula is C28H36ClN5O13S. The SMILES string of the molecule is CC(C)(O)Oc1cc(C2(O)CC(O)(O)NC(O)(O)C2)c(C(O)(O)O)cc1Nc1ncc(Cl)c(Nc2ccccc2S(=O)(=O)C(C)(C)O)n1. The molecule has 0 amide bonds. The predicted molar refractivity (Wildman–Crippen MR) is 166 cm³/mol. The first kappa shape index (κ1) is 37.5. The van der Waals surface area contributed by atoms with Crippen molar-refractivity contribution in [2.75, 3.05) is 10.6 Å². The number of ether oxygens (including phenoxy) is 1. The number of sulfone groups is 1. The van der Waals surface area contributed by atoms with Crippen LogP contribution in [0, 0.1) is 0 Å². The molecular weight excluding hydrogens is 682 g/mol. The molecule has 0 spiro atoms. The highest BCUT2D eigenvalue weighted by Gasteiger charge is 2.54. The van der Waals surface area contributed by atoms with E-state index in [0.717, 1.165) is 32.2 Å². The molecule has 1 saturated heterocycles. The van der Waals surface area contributed by atoms with Crippen LogP contribution < -0.4 is 20.7 Å². The van der Waals surface area contributed by atoms with Crippen molar-refractivity contribution in [3.63, 3.8) is 0 Å². The molecule has 1 fully saturated rings. The summed E-state index contributed by atoms with van der Waals surface area (Å²) in [4.78, 5) is 5.82. The first-order valence-electron chi connectivity index (χ1n) is 13.9. The maximum absolute atomic E-state index is 13.0. The van der Waals surface area contributed by atoms with Crippen molar-refractivity contribution < 1.29 is 64.2 Å². The Morgan fingerprint density at radius 1 is 0.896 bits per heavy atom. The molecule has 1 aliphatic rings. The molecule has 0 atom stereocenters. The van der Waals surface area contributed by atoms with E-state index in [2.05, 4.69) is 20.6 Å². The van der Waals surface area contributed by atoms with E-state index in [1.165, 1.54) is 38.1 Å². The number of hydrogen-bond acceptors (Lipinski definition) is 18. The second-order valence-electron chi connectivity index (χ2n) is 12.3. The summed E-state index contributed by atoms with van der Waals surface area (Å²) in [5, 5.41) is 111. The summed E-state index contributed by atoms with van der Waals surface area (Å²) in [7, 11) is -4.28. The van der Waals surface area contributed by atoms with Crippen LogP contribution in [0.5, 0.6) is 5.75 Å². The lowest BCUT2D eigenvalue weighted by molar-refractivity contribution is -0.349. The lowest BCUT2D eigenvalue weighted by Gasteiger charge is -2.46. The maximum atomic E-state index is 13.0. The minimum atomic E-state index is -4.28. The van der Waals surface area contributed by atoms with Gasteiger partial charge in [0.2, 0.25) is 33.4 Å². The maximum Gasteiger partial charge on any atom is 0.304 e. The molecule has 48 heavy (non-hydrogen) atoms. The van der Waals surface area contributed by atoms with Gasteiger partial charge in [-0.05, 0) is 43.7 Å². The molecule has 20 heteroatoms. The average Bonchev–Trinajstić information content (AvgIpc) is 2.87. The van der Waals surface area contributed by atoms with E-state index in [-0.39, 0.29) is 33.1 Å². The van der Waals surface area contributed by atoms with E-state index in [1.54, 1.807) is 5.32 Å². The third-order valence-corrected chi connectivity index (χ3v) is 9.43. The zero-order chi connectivity index (χ0) is 36.3. The Hall–Kier alpha value is -3.28. The van der Waals surface area contributed by atoms with Gasteiger partial charge >= 0.3 is 5.97 Å². The second-order valence-corrected chi connectivity index (χ2v) is 15.2. The van der Waals surface area contributed by atoms with Gasteiger partial charge in [0, 0.05) is 32.3 Å². The minimum absolute atomic E-state index is 0.0163. The number of benzene rings is 2. The third-order valence-electron chi connectivity index (χ3n) is 6.90. The highest BCUT2D eigenvalue weighted by atomic mass is 35.5. The number of piperidine rings is 1. The van der Waals surface area contributed by atoms with Crippen LogP contribution >= 0.6 is 11.6 Å². The van der Waals surface area contributed by atoms with Crippen molar-refractivity contribution in [3.8, 4) is 5.75 Å². The lowest BCUT2D eigenvalue weighted by atomic mass is 9.78. The molecule has 0 bridgehead atoms. The number of anilines is 4. The monoisotopic (exact) mass is 717 g/mol. The molecule has 1 aromatic heterocycles. The number of para-hydroxylation sites is 1. The standard InChI is InChI=1S/C28H36ClN5O13S/c1-23(2,35)47-19-10-14(25(37)12-26(38,39)34-27(40,41)13-25)15(28(42,43)44)9-18(19)32-22-30-11-16(29)21(33-22)31-17-7-5-6-8-20(17)48(45,46)24(3,4)36/h5-11,34-44H,12-13H2,1-4H3,(H2,30,31,32,33). The molecule has 2 aromatic carbocycles. The summed E-state index contributed by atoms with van der Waals surface area (Å²) in [6, 6.07) is 7.26. The summed E-state index contributed by atoms with van der Waals surface area (Å²) < 4.78 is 31.6. The number of halogens is 1. The first-order chi connectivity index (χ1) is 21.6. The number of hydrogen-bond donors (Lipinski definition) is 13. The van der Waals surface area contributed by atoms with Crippen LogP contribution in [-0.2, 0) is 21.4 Å². The fourth-order valence-corrected chi connectivity index (χ4v) is 6.35. The van der Waals surface area contributed by atoms with Gasteiger partial charge < -0.3 is 66.4 Å². The average molecular weight is 718 g/mol. The zero-order valence-electron chi connectivity index (χ0n) is 25.8. The molecule has 2 heterocycles. The lowest BCUT2D eigenvalue weighted by Crippen LogP contribution is -2.67. The highest BCUT2D eigenvalue weighted by Crippen LogP contribution is 2.46. The van der Waals surface area contributed by atoms with Crippen LogP contribution in [-0.4, -0.2) is 92.0 Å². The summed E-state index contributed by atoms with van der Waals surface area (Å²) in [6.07, 6.45) is -1.09. The fraction of sp³-hybridized carbons (Fsp3) is 0.429. The van der Waals surface area contributed by atoms with E-state index in [9.17, 15) is 59.5 Å². The summed E-state index contributed by atoms with van der Waals surface area (Å²) in [5.74, 6) is -12.8. The van der Waals surface area contributed by atoms with Gasteiger partial charge in [0.25, 0.3) is 0 Å². The summed E-state index contributed by atoms with van der Waals surface area (Å²) in [5.41, 5.74) is -4.62. The highest BCUT2D eigenvalue weighted by molar-refractivity contribution is 7.92. The van der Waals surface area contributed by atoms with E-state index in [4.69, 9.17) is 16.3 Å². The minimum Gasteiger partial charge on any atom is -0.461 e. The van der Waals surface area contributed by atoms with Gasteiger partial charge in [0.15, 0.2) is 10.8 Å². The number of rotatable bonds is 10. The van der Waals surface area contributed by atoms with Gasteiger partial charge in [-0.3, -0.25) is 0 Å².